The van der Waals surface area contributed by atoms with Crippen LogP contribution < -0.4 is 5.32 Å². The van der Waals surface area contributed by atoms with Crippen molar-refractivity contribution in [2.45, 2.75) is 11.6 Å². The van der Waals surface area contributed by atoms with E-state index in [0.717, 1.165) is 26.3 Å². The van der Waals surface area contributed by atoms with Crippen molar-refractivity contribution >= 4 is 57.5 Å². The van der Waals surface area contributed by atoms with Crippen LogP contribution in [-0.2, 0) is 11.2 Å². The summed E-state index contributed by atoms with van der Waals surface area (Å²) in [7, 11) is 0. The topological polar surface area (TPSA) is 59.8 Å². The van der Waals surface area contributed by atoms with E-state index < -0.39 is 0 Å². The molecule has 0 aliphatic heterocycles. The van der Waals surface area contributed by atoms with Crippen molar-refractivity contribution in [3.05, 3.63) is 98.8 Å². The van der Waals surface area contributed by atoms with E-state index in [4.69, 9.17) is 11.6 Å². The zero-order valence-electron chi connectivity index (χ0n) is 16.3. The van der Waals surface area contributed by atoms with Crippen molar-refractivity contribution in [3.8, 4) is 5.69 Å². The van der Waals surface area contributed by atoms with Gasteiger partial charge in [0.2, 0.25) is 5.91 Å². The molecule has 1 heterocycles. The molecule has 0 bridgehead atoms. The van der Waals surface area contributed by atoms with Crippen molar-refractivity contribution in [3.63, 3.8) is 0 Å². The number of anilines is 1. The molecule has 1 N–H and O–H groups in total. The van der Waals surface area contributed by atoms with Gasteiger partial charge >= 0.3 is 0 Å². The molecule has 0 radical (unpaired) electrons. The second-order valence-corrected chi connectivity index (χ2v) is 9.34. The summed E-state index contributed by atoms with van der Waals surface area (Å²) in [5, 5.41) is 13.0. The average molecular weight is 561 g/mol. The van der Waals surface area contributed by atoms with Crippen LogP contribution in [0.4, 0.5) is 5.69 Å². The lowest BCUT2D eigenvalue weighted by atomic mass is 10.1. The summed E-state index contributed by atoms with van der Waals surface area (Å²) in [6.45, 7) is 0. The Kier molecular flexibility index (Phi) is 7.26. The monoisotopic (exact) mass is 560 g/mol. The Hall–Kier alpha value is -2.36. The first-order valence-electron chi connectivity index (χ1n) is 9.51. The molecule has 0 aliphatic rings. The molecule has 0 saturated heterocycles. The summed E-state index contributed by atoms with van der Waals surface area (Å²) in [6.07, 6.45) is 0.631. The van der Waals surface area contributed by atoms with E-state index in [1.165, 1.54) is 11.8 Å². The zero-order valence-corrected chi connectivity index (χ0v) is 20.1. The minimum atomic E-state index is -0.0951. The first kappa shape index (κ1) is 21.9. The van der Waals surface area contributed by atoms with Gasteiger partial charge < -0.3 is 5.32 Å². The number of benzene rings is 3. The Labute approximate surface area is 203 Å². The molecule has 0 unspecified atom stereocenters. The number of hydrogen-bond donors (Lipinski definition) is 1. The van der Waals surface area contributed by atoms with Gasteiger partial charge in [0.15, 0.2) is 5.16 Å². The molecule has 8 heteroatoms. The number of rotatable bonds is 7. The van der Waals surface area contributed by atoms with Gasteiger partial charge in [-0.15, -0.1) is 10.2 Å². The molecule has 0 spiro atoms. The van der Waals surface area contributed by atoms with Crippen LogP contribution in [0.2, 0.25) is 5.02 Å². The van der Waals surface area contributed by atoms with Crippen LogP contribution >= 0.6 is 46.0 Å². The summed E-state index contributed by atoms with van der Waals surface area (Å²) in [5.74, 6) is 0.930. The third-order valence-electron chi connectivity index (χ3n) is 4.43. The number of carbonyl (C=O) groups is 1. The Morgan fingerprint density at radius 2 is 1.77 bits per heavy atom. The molecule has 31 heavy (non-hydrogen) atoms. The maximum Gasteiger partial charge on any atom is 0.234 e. The lowest BCUT2D eigenvalue weighted by molar-refractivity contribution is -0.113. The zero-order chi connectivity index (χ0) is 21.6. The average Bonchev–Trinajstić information content (AvgIpc) is 3.16. The van der Waals surface area contributed by atoms with Gasteiger partial charge in [-0.05, 0) is 70.6 Å². The maximum absolute atomic E-state index is 12.5. The largest absolute Gasteiger partial charge is 0.325 e. The predicted octanol–water partition coefficient (Wildman–Crippen LogP) is 5.85. The highest BCUT2D eigenvalue weighted by Crippen LogP contribution is 2.25. The van der Waals surface area contributed by atoms with Gasteiger partial charge in [0, 0.05) is 26.4 Å². The minimum absolute atomic E-state index is 0.0951. The SMILES string of the molecule is O=C(CSc1nnc(Cc2ccccc2)n1-c1ccc(Cl)cc1)Nc1cccc(I)c1. The highest BCUT2D eigenvalue weighted by Gasteiger charge is 2.16. The third kappa shape index (κ3) is 5.87. The Balaban J connectivity index is 1.55. The van der Waals surface area contributed by atoms with Gasteiger partial charge in [-0.1, -0.05) is 59.8 Å². The quantitative estimate of drug-likeness (QED) is 0.228. The fraction of sp³-hybridized carbons (Fsp3) is 0.0870. The molecule has 0 atom stereocenters. The van der Waals surface area contributed by atoms with E-state index in [1.807, 2.05) is 71.3 Å². The van der Waals surface area contributed by atoms with Gasteiger partial charge in [-0.2, -0.15) is 0 Å². The van der Waals surface area contributed by atoms with Gasteiger partial charge in [0.25, 0.3) is 0 Å². The summed E-state index contributed by atoms with van der Waals surface area (Å²) in [6, 6.07) is 25.3. The molecule has 1 aromatic heterocycles. The van der Waals surface area contributed by atoms with Crippen molar-refractivity contribution < 1.29 is 4.79 Å². The van der Waals surface area contributed by atoms with E-state index in [9.17, 15) is 4.79 Å². The van der Waals surface area contributed by atoms with Gasteiger partial charge in [0.1, 0.15) is 5.82 Å². The molecular weight excluding hydrogens is 543 g/mol. The molecule has 0 fully saturated rings. The summed E-state index contributed by atoms with van der Waals surface area (Å²) < 4.78 is 3.04. The maximum atomic E-state index is 12.5. The van der Waals surface area contributed by atoms with Gasteiger partial charge in [-0.25, -0.2) is 0 Å². The molecule has 4 aromatic rings. The van der Waals surface area contributed by atoms with E-state index in [1.54, 1.807) is 0 Å². The van der Waals surface area contributed by atoms with Crippen molar-refractivity contribution in [2.24, 2.45) is 0 Å². The second-order valence-electron chi connectivity index (χ2n) is 6.72. The van der Waals surface area contributed by atoms with Crippen molar-refractivity contribution in [1.29, 1.82) is 0 Å². The first-order chi connectivity index (χ1) is 15.1. The number of thioether (sulfide) groups is 1. The van der Waals surface area contributed by atoms with Crippen LogP contribution in [0.5, 0.6) is 0 Å². The number of halogens is 2. The molecule has 5 nitrogen and oxygen atoms in total. The van der Waals surface area contributed by atoms with E-state index in [2.05, 4.69) is 50.2 Å². The van der Waals surface area contributed by atoms with Crippen molar-refractivity contribution in [2.75, 3.05) is 11.1 Å². The third-order valence-corrected chi connectivity index (χ3v) is 6.28. The smallest absolute Gasteiger partial charge is 0.234 e. The first-order valence-corrected chi connectivity index (χ1v) is 11.9. The predicted molar refractivity (Wildman–Crippen MR) is 134 cm³/mol. The lowest BCUT2D eigenvalue weighted by Crippen LogP contribution is -2.14. The van der Waals surface area contributed by atoms with Crippen LogP contribution in [-0.4, -0.2) is 26.4 Å². The summed E-state index contributed by atoms with van der Waals surface area (Å²) >= 11 is 9.65. The molecule has 156 valence electrons. The number of aromatic nitrogens is 3. The highest BCUT2D eigenvalue weighted by molar-refractivity contribution is 14.1. The molecular formula is C23H18ClIN4OS. The summed E-state index contributed by atoms with van der Waals surface area (Å²) in [5.41, 5.74) is 2.82. The fourth-order valence-electron chi connectivity index (χ4n) is 3.03. The van der Waals surface area contributed by atoms with E-state index >= 15 is 0 Å². The summed E-state index contributed by atoms with van der Waals surface area (Å²) in [4.78, 5) is 12.5. The van der Waals surface area contributed by atoms with Crippen molar-refractivity contribution in [1.82, 2.24) is 14.8 Å². The molecule has 0 aliphatic carbocycles. The van der Waals surface area contributed by atoms with Crippen LogP contribution in [0.1, 0.15) is 11.4 Å². The molecule has 1 amide bonds. The fourth-order valence-corrected chi connectivity index (χ4v) is 4.47. The molecule has 0 saturated carbocycles. The number of carbonyl (C=O) groups excluding carboxylic acids is 1. The highest BCUT2D eigenvalue weighted by atomic mass is 127. The Bertz CT molecular complexity index is 1180. The number of nitrogens with one attached hydrogen (secondary N) is 1. The van der Waals surface area contributed by atoms with E-state index in [0.29, 0.717) is 16.6 Å². The Morgan fingerprint density at radius 1 is 1.00 bits per heavy atom. The number of hydrogen-bond acceptors (Lipinski definition) is 4. The molecule has 3 aromatic carbocycles. The lowest BCUT2D eigenvalue weighted by Gasteiger charge is -2.11. The molecule has 4 rings (SSSR count). The number of nitrogens with zero attached hydrogens (tertiary/aromatic N) is 3. The van der Waals surface area contributed by atoms with Gasteiger partial charge in [-0.3, -0.25) is 9.36 Å². The minimum Gasteiger partial charge on any atom is -0.325 e. The Morgan fingerprint density at radius 3 is 2.52 bits per heavy atom. The van der Waals surface area contributed by atoms with Crippen LogP contribution in [0.25, 0.3) is 5.69 Å². The van der Waals surface area contributed by atoms with Crippen LogP contribution in [0, 0.1) is 3.57 Å². The number of amides is 1. The second kappa shape index (κ2) is 10.3. The van der Waals surface area contributed by atoms with Gasteiger partial charge in [0.05, 0.1) is 5.75 Å². The normalized spacial score (nSPS) is 10.8. The standard InChI is InChI=1S/C23H18ClIN4OS/c24-17-9-11-20(12-10-17)29-21(13-16-5-2-1-3-6-16)27-28-23(29)31-15-22(30)26-19-8-4-7-18(25)14-19/h1-12,14H,13,15H2,(H,26,30). The van der Waals surface area contributed by atoms with Crippen LogP contribution in [0.15, 0.2) is 84.0 Å². The van der Waals surface area contributed by atoms with E-state index in [-0.39, 0.29) is 11.7 Å². The van der Waals surface area contributed by atoms with Crippen LogP contribution in [0.3, 0.4) is 0 Å².